The van der Waals surface area contributed by atoms with Crippen LogP contribution in [0, 0.1) is 5.92 Å². The summed E-state index contributed by atoms with van der Waals surface area (Å²) in [4.78, 5) is 19.9. The number of piperidine rings is 1. The predicted octanol–water partition coefficient (Wildman–Crippen LogP) is 5.30. The number of carbonyl (C=O) groups excluding carboxylic acids is 1. The summed E-state index contributed by atoms with van der Waals surface area (Å²) in [6.07, 6.45) is 1.84. The molecule has 1 saturated heterocycles. The Bertz CT molecular complexity index is 929. The zero-order valence-electron chi connectivity index (χ0n) is 16.7. The van der Waals surface area contributed by atoms with Crippen LogP contribution < -0.4 is 4.74 Å². The number of hydrogen-bond donors (Lipinski definition) is 0. The number of thiazole rings is 1. The highest BCUT2D eigenvalue weighted by atomic mass is 32.1. The first-order valence-corrected chi connectivity index (χ1v) is 11.1. The van der Waals surface area contributed by atoms with E-state index in [0.717, 1.165) is 60.1 Å². The van der Waals surface area contributed by atoms with Gasteiger partial charge < -0.3 is 4.74 Å². The molecule has 1 aromatic heterocycles. The van der Waals surface area contributed by atoms with Crippen LogP contribution in [0.25, 0.3) is 10.6 Å². The second kappa shape index (κ2) is 9.33. The van der Waals surface area contributed by atoms with Crippen molar-refractivity contribution in [3.8, 4) is 16.3 Å². The second-order valence-corrected chi connectivity index (χ2v) is 8.24. The van der Waals surface area contributed by atoms with Gasteiger partial charge in [0.05, 0.1) is 12.3 Å². The van der Waals surface area contributed by atoms with Crippen molar-refractivity contribution in [3.63, 3.8) is 0 Å². The lowest BCUT2D eigenvalue weighted by atomic mass is 9.89. The van der Waals surface area contributed by atoms with Crippen LogP contribution in [0.2, 0.25) is 0 Å². The van der Waals surface area contributed by atoms with Crippen LogP contribution in [-0.4, -0.2) is 35.4 Å². The summed E-state index contributed by atoms with van der Waals surface area (Å²) in [6, 6.07) is 17.8. The SMILES string of the molecule is CCOc1ccc(-c2nc(CN3CCC(C(=O)c4ccccc4)CC3)cs2)cc1. The van der Waals surface area contributed by atoms with Gasteiger partial charge in [-0.1, -0.05) is 30.3 Å². The molecule has 0 radical (unpaired) electrons. The molecule has 0 aliphatic carbocycles. The number of Topliss-reactive ketones (excluding diaryl/α,β-unsaturated/α-hetero) is 1. The molecule has 0 unspecified atom stereocenters. The first kappa shape index (κ1) is 19.8. The summed E-state index contributed by atoms with van der Waals surface area (Å²) in [5, 5.41) is 3.18. The van der Waals surface area contributed by atoms with Crippen LogP contribution in [-0.2, 0) is 6.54 Å². The van der Waals surface area contributed by atoms with Gasteiger partial charge in [0.1, 0.15) is 10.8 Å². The number of benzene rings is 2. The molecule has 0 amide bonds. The van der Waals surface area contributed by atoms with Crippen molar-refractivity contribution in [2.24, 2.45) is 5.92 Å². The fourth-order valence-electron chi connectivity index (χ4n) is 3.79. The fraction of sp³-hybridized carbons (Fsp3) is 0.333. The monoisotopic (exact) mass is 406 g/mol. The Labute approximate surface area is 176 Å². The maximum atomic E-state index is 12.7. The largest absolute Gasteiger partial charge is 0.494 e. The molecule has 4 nitrogen and oxygen atoms in total. The quantitative estimate of drug-likeness (QED) is 0.499. The van der Waals surface area contributed by atoms with Gasteiger partial charge in [-0.3, -0.25) is 9.69 Å². The van der Waals surface area contributed by atoms with Crippen molar-refractivity contribution < 1.29 is 9.53 Å². The average Bonchev–Trinajstić information content (AvgIpc) is 3.24. The summed E-state index contributed by atoms with van der Waals surface area (Å²) in [5.74, 6) is 1.32. The van der Waals surface area contributed by atoms with Crippen LogP contribution in [0.15, 0.2) is 60.0 Å². The maximum Gasteiger partial charge on any atom is 0.166 e. The Kier molecular flexibility index (Phi) is 6.37. The molecule has 5 heteroatoms. The molecule has 0 N–H and O–H groups in total. The van der Waals surface area contributed by atoms with E-state index in [9.17, 15) is 4.79 Å². The molecule has 0 bridgehead atoms. The highest BCUT2D eigenvalue weighted by Crippen LogP contribution is 2.27. The number of likely N-dealkylation sites (tertiary alicyclic amines) is 1. The molecule has 1 fully saturated rings. The van der Waals surface area contributed by atoms with Crippen molar-refractivity contribution in [2.75, 3.05) is 19.7 Å². The zero-order valence-corrected chi connectivity index (χ0v) is 17.5. The van der Waals surface area contributed by atoms with E-state index < -0.39 is 0 Å². The number of ether oxygens (including phenoxy) is 1. The van der Waals surface area contributed by atoms with Crippen molar-refractivity contribution in [3.05, 3.63) is 71.2 Å². The van der Waals surface area contributed by atoms with Gasteiger partial charge in [0.15, 0.2) is 5.78 Å². The average molecular weight is 407 g/mol. The van der Waals surface area contributed by atoms with Gasteiger partial charge in [0, 0.05) is 29.0 Å². The molecule has 0 spiro atoms. The molecule has 3 aromatic rings. The van der Waals surface area contributed by atoms with E-state index in [1.54, 1.807) is 11.3 Å². The third kappa shape index (κ3) is 4.92. The van der Waals surface area contributed by atoms with Crippen molar-refractivity contribution in [2.45, 2.75) is 26.3 Å². The number of carbonyl (C=O) groups is 1. The number of rotatable bonds is 7. The fourth-order valence-corrected chi connectivity index (χ4v) is 4.61. The Morgan fingerprint density at radius 3 is 2.52 bits per heavy atom. The zero-order chi connectivity index (χ0) is 20.1. The van der Waals surface area contributed by atoms with E-state index in [4.69, 9.17) is 9.72 Å². The normalized spacial score (nSPS) is 15.3. The topological polar surface area (TPSA) is 42.4 Å². The van der Waals surface area contributed by atoms with E-state index in [0.29, 0.717) is 6.61 Å². The van der Waals surface area contributed by atoms with Gasteiger partial charge in [0.25, 0.3) is 0 Å². The predicted molar refractivity (Wildman–Crippen MR) is 117 cm³/mol. The Morgan fingerprint density at radius 1 is 1.10 bits per heavy atom. The number of aromatic nitrogens is 1. The van der Waals surface area contributed by atoms with E-state index >= 15 is 0 Å². The molecular formula is C24H26N2O2S. The molecule has 0 atom stereocenters. The number of ketones is 1. The lowest BCUT2D eigenvalue weighted by molar-refractivity contribution is 0.0834. The summed E-state index contributed by atoms with van der Waals surface area (Å²) < 4.78 is 5.51. The van der Waals surface area contributed by atoms with Crippen molar-refractivity contribution >= 4 is 17.1 Å². The minimum Gasteiger partial charge on any atom is -0.494 e. The minimum atomic E-state index is 0.142. The molecule has 29 heavy (non-hydrogen) atoms. The molecular weight excluding hydrogens is 380 g/mol. The standard InChI is InChI=1S/C24H26N2O2S/c1-2-28-22-10-8-20(9-11-22)24-25-21(17-29-24)16-26-14-12-19(13-15-26)23(27)18-6-4-3-5-7-18/h3-11,17,19H,2,12-16H2,1H3. The first-order valence-electron chi connectivity index (χ1n) is 10.2. The smallest absolute Gasteiger partial charge is 0.166 e. The maximum absolute atomic E-state index is 12.7. The van der Waals surface area contributed by atoms with Gasteiger partial charge in [-0.15, -0.1) is 11.3 Å². The van der Waals surface area contributed by atoms with E-state index in [-0.39, 0.29) is 11.7 Å². The molecule has 4 rings (SSSR count). The Hall–Kier alpha value is -2.50. The van der Waals surface area contributed by atoms with E-state index in [1.165, 1.54) is 0 Å². The summed E-state index contributed by atoms with van der Waals surface area (Å²) in [7, 11) is 0. The van der Waals surface area contributed by atoms with Crippen molar-refractivity contribution in [1.82, 2.24) is 9.88 Å². The molecule has 1 aliphatic rings. The third-order valence-corrected chi connectivity index (χ3v) is 6.31. The summed E-state index contributed by atoms with van der Waals surface area (Å²) >= 11 is 1.68. The van der Waals surface area contributed by atoms with Gasteiger partial charge in [-0.2, -0.15) is 0 Å². The molecule has 1 aliphatic heterocycles. The van der Waals surface area contributed by atoms with Crippen LogP contribution in [0.4, 0.5) is 0 Å². The van der Waals surface area contributed by atoms with Gasteiger partial charge in [-0.25, -0.2) is 4.98 Å². The van der Waals surface area contributed by atoms with Crippen LogP contribution >= 0.6 is 11.3 Å². The summed E-state index contributed by atoms with van der Waals surface area (Å²) in [6.45, 7) is 5.40. The van der Waals surface area contributed by atoms with Gasteiger partial charge >= 0.3 is 0 Å². The van der Waals surface area contributed by atoms with Crippen LogP contribution in [0.1, 0.15) is 35.8 Å². The van der Waals surface area contributed by atoms with Crippen LogP contribution in [0.3, 0.4) is 0 Å². The minimum absolute atomic E-state index is 0.142. The third-order valence-electron chi connectivity index (χ3n) is 5.37. The Balaban J connectivity index is 1.31. The summed E-state index contributed by atoms with van der Waals surface area (Å²) in [5.41, 5.74) is 3.06. The molecule has 2 aromatic carbocycles. The lowest BCUT2D eigenvalue weighted by Gasteiger charge is -2.30. The van der Waals surface area contributed by atoms with Crippen LogP contribution in [0.5, 0.6) is 5.75 Å². The van der Waals surface area contributed by atoms with Gasteiger partial charge in [-0.05, 0) is 57.1 Å². The number of hydrogen-bond acceptors (Lipinski definition) is 5. The van der Waals surface area contributed by atoms with E-state index in [2.05, 4.69) is 22.4 Å². The highest BCUT2D eigenvalue weighted by Gasteiger charge is 2.26. The second-order valence-electron chi connectivity index (χ2n) is 7.38. The molecule has 0 saturated carbocycles. The molecule has 150 valence electrons. The molecule has 2 heterocycles. The lowest BCUT2D eigenvalue weighted by Crippen LogP contribution is -2.36. The number of nitrogens with zero attached hydrogens (tertiary/aromatic N) is 2. The van der Waals surface area contributed by atoms with Crippen molar-refractivity contribution in [1.29, 1.82) is 0 Å². The van der Waals surface area contributed by atoms with Gasteiger partial charge in [0.2, 0.25) is 0 Å². The first-order chi connectivity index (χ1) is 14.2. The Morgan fingerprint density at radius 2 is 1.83 bits per heavy atom. The van der Waals surface area contributed by atoms with E-state index in [1.807, 2.05) is 49.4 Å². The highest BCUT2D eigenvalue weighted by molar-refractivity contribution is 7.13.